The van der Waals surface area contributed by atoms with E-state index in [0.717, 1.165) is 25.1 Å². The molecule has 0 radical (unpaired) electrons. The lowest BCUT2D eigenvalue weighted by Crippen LogP contribution is -2.34. The number of nitrogens with two attached hydrogens (primary N) is 1. The predicted molar refractivity (Wildman–Crippen MR) is 98.6 cm³/mol. The van der Waals surface area contributed by atoms with Gasteiger partial charge in [0.2, 0.25) is 5.91 Å². The molecule has 5 nitrogen and oxygen atoms in total. The summed E-state index contributed by atoms with van der Waals surface area (Å²) in [5.74, 6) is 1.21. The normalized spacial score (nSPS) is 20.2. The maximum absolute atomic E-state index is 12.4. The van der Waals surface area contributed by atoms with Crippen molar-refractivity contribution in [3.05, 3.63) is 40.3 Å². The van der Waals surface area contributed by atoms with Crippen LogP contribution in [-0.4, -0.2) is 35.4 Å². The SMILES string of the molecule is CC1(CN)CCN(C(=O)CCc2ncc(-c3ccc(Cl)cc3Cl)o2)C1. The minimum Gasteiger partial charge on any atom is -0.441 e. The standard InChI is InChI=1S/C18H21Cl2N3O2/c1-18(10-21)6-7-23(11-18)17(24)5-4-16-22-9-15(25-16)13-3-2-12(19)8-14(13)20/h2-3,8-9H,4-7,10-11,21H2,1H3. The van der Waals surface area contributed by atoms with Gasteiger partial charge in [-0.15, -0.1) is 0 Å². The van der Waals surface area contributed by atoms with Crippen LogP contribution in [0.25, 0.3) is 11.3 Å². The number of aryl methyl sites for hydroxylation is 1. The smallest absolute Gasteiger partial charge is 0.223 e. The number of amides is 1. The monoisotopic (exact) mass is 381 g/mol. The summed E-state index contributed by atoms with van der Waals surface area (Å²) in [5, 5.41) is 1.07. The van der Waals surface area contributed by atoms with Gasteiger partial charge in [-0.25, -0.2) is 4.98 Å². The Hall–Kier alpha value is -1.56. The van der Waals surface area contributed by atoms with E-state index < -0.39 is 0 Å². The second-order valence-corrected chi connectivity index (χ2v) is 7.67. The minimum atomic E-state index is 0.0388. The maximum atomic E-state index is 12.4. The van der Waals surface area contributed by atoms with E-state index in [1.807, 2.05) is 4.90 Å². The Kier molecular flexibility index (Phi) is 5.37. The van der Waals surface area contributed by atoms with Gasteiger partial charge in [-0.1, -0.05) is 30.1 Å². The maximum Gasteiger partial charge on any atom is 0.223 e. The quantitative estimate of drug-likeness (QED) is 0.854. The van der Waals surface area contributed by atoms with Gasteiger partial charge in [0.25, 0.3) is 0 Å². The zero-order valence-electron chi connectivity index (χ0n) is 14.1. The number of carbonyl (C=O) groups excluding carboxylic acids is 1. The fraction of sp³-hybridized carbons (Fsp3) is 0.444. The van der Waals surface area contributed by atoms with E-state index in [-0.39, 0.29) is 11.3 Å². The summed E-state index contributed by atoms with van der Waals surface area (Å²) in [6, 6.07) is 5.19. The predicted octanol–water partition coefficient (Wildman–Crippen LogP) is 3.78. The van der Waals surface area contributed by atoms with Crippen LogP contribution in [0.15, 0.2) is 28.8 Å². The highest BCUT2D eigenvalue weighted by atomic mass is 35.5. The molecule has 134 valence electrons. The van der Waals surface area contributed by atoms with Crippen LogP contribution in [-0.2, 0) is 11.2 Å². The van der Waals surface area contributed by atoms with Gasteiger partial charge >= 0.3 is 0 Å². The zero-order chi connectivity index (χ0) is 18.0. The summed E-state index contributed by atoms with van der Waals surface area (Å²) < 4.78 is 5.74. The van der Waals surface area contributed by atoms with Crippen LogP contribution in [0.5, 0.6) is 0 Å². The summed E-state index contributed by atoms with van der Waals surface area (Å²) in [6.45, 7) is 4.21. The Bertz CT molecular complexity index is 777. The molecule has 1 aliphatic rings. The molecule has 7 heteroatoms. The third-order valence-corrected chi connectivity index (χ3v) is 5.25. The van der Waals surface area contributed by atoms with Gasteiger partial charge in [0.1, 0.15) is 0 Å². The van der Waals surface area contributed by atoms with Gasteiger partial charge in [0, 0.05) is 36.5 Å². The van der Waals surface area contributed by atoms with Gasteiger partial charge in [0.15, 0.2) is 11.7 Å². The molecule has 0 saturated carbocycles. The number of hydrogen-bond donors (Lipinski definition) is 1. The van der Waals surface area contributed by atoms with Crippen molar-refractivity contribution in [1.29, 1.82) is 0 Å². The molecular weight excluding hydrogens is 361 g/mol. The fourth-order valence-electron chi connectivity index (χ4n) is 3.01. The molecular formula is C18H21Cl2N3O2. The highest BCUT2D eigenvalue weighted by molar-refractivity contribution is 6.36. The van der Waals surface area contributed by atoms with E-state index in [1.165, 1.54) is 0 Å². The van der Waals surface area contributed by atoms with Crippen LogP contribution in [0.2, 0.25) is 10.0 Å². The number of aromatic nitrogens is 1. The molecule has 1 amide bonds. The Morgan fingerprint density at radius 1 is 1.44 bits per heavy atom. The summed E-state index contributed by atoms with van der Waals surface area (Å²) in [7, 11) is 0. The summed E-state index contributed by atoms with van der Waals surface area (Å²) in [5.41, 5.74) is 6.56. The van der Waals surface area contributed by atoms with Crippen molar-refractivity contribution < 1.29 is 9.21 Å². The number of likely N-dealkylation sites (tertiary alicyclic amines) is 1. The highest BCUT2D eigenvalue weighted by Gasteiger charge is 2.34. The van der Waals surface area contributed by atoms with Crippen LogP contribution >= 0.6 is 23.2 Å². The van der Waals surface area contributed by atoms with E-state index in [2.05, 4.69) is 11.9 Å². The van der Waals surface area contributed by atoms with Crippen molar-refractivity contribution in [1.82, 2.24) is 9.88 Å². The zero-order valence-corrected chi connectivity index (χ0v) is 15.6. The Balaban J connectivity index is 1.60. The van der Waals surface area contributed by atoms with Crippen molar-refractivity contribution >= 4 is 29.1 Å². The topological polar surface area (TPSA) is 72.4 Å². The van der Waals surface area contributed by atoms with Crippen molar-refractivity contribution in [2.24, 2.45) is 11.1 Å². The molecule has 1 atom stereocenters. The molecule has 1 fully saturated rings. The van der Waals surface area contributed by atoms with E-state index >= 15 is 0 Å². The van der Waals surface area contributed by atoms with Crippen LogP contribution in [0.3, 0.4) is 0 Å². The molecule has 2 heterocycles. The average molecular weight is 382 g/mol. The molecule has 0 spiro atoms. The number of benzene rings is 1. The van der Waals surface area contributed by atoms with Crippen LogP contribution in [0.4, 0.5) is 0 Å². The van der Waals surface area contributed by atoms with Crippen LogP contribution < -0.4 is 5.73 Å². The molecule has 0 aliphatic carbocycles. The minimum absolute atomic E-state index is 0.0388. The van der Waals surface area contributed by atoms with Gasteiger partial charge in [-0.05, 0) is 36.6 Å². The molecule has 1 aliphatic heterocycles. The first-order valence-corrected chi connectivity index (χ1v) is 9.04. The Morgan fingerprint density at radius 2 is 2.24 bits per heavy atom. The first-order chi connectivity index (χ1) is 11.9. The van der Waals surface area contributed by atoms with Crippen molar-refractivity contribution in [2.45, 2.75) is 26.2 Å². The van der Waals surface area contributed by atoms with Gasteiger partial charge < -0.3 is 15.1 Å². The van der Waals surface area contributed by atoms with Crippen LogP contribution in [0, 0.1) is 5.41 Å². The molecule has 1 aromatic heterocycles. The number of carbonyl (C=O) groups is 1. The van der Waals surface area contributed by atoms with Gasteiger partial charge in [0.05, 0.1) is 11.2 Å². The molecule has 1 unspecified atom stereocenters. The number of hydrogen-bond acceptors (Lipinski definition) is 4. The molecule has 1 saturated heterocycles. The third kappa shape index (κ3) is 4.17. The molecule has 0 bridgehead atoms. The number of halogens is 2. The average Bonchev–Trinajstić information content (AvgIpc) is 3.20. The molecule has 2 aromatic rings. The highest BCUT2D eigenvalue weighted by Crippen LogP contribution is 2.31. The lowest BCUT2D eigenvalue weighted by atomic mass is 9.90. The Labute approximate surface area is 157 Å². The fourth-order valence-corrected chi connectivity index (χ4v) is 3.52. The van der Waals surface area contributed by atoms with Crippen LogP contribution in [0.1, 0.15) is 25.7 Å². The summed E-state index contributed by atoms with van der Waals surface area (Å²) in [6.07, 6.45) is 3.40. The largest absolute Gasteiger partial charge is 0.441 e. The van der Waals surface area contributed by atoms with E-state index in [4.69, 9.17) is 33.4 Å². The van der Waals surface area contributed by atoms with Crippen molar-refractivity contribution in [2.75, 3.05) is 19.6 Å². The molecule has 1 aromatic carbocycles. The van der Waals surface area contributed by atoms with Gasteiger partial charge in [-0.3, -0.25) is 4.79 Å². The van der Waals surface area contributed by atoms with E-state index in [9.17, 15) is 4.79 Å². The summed E-state index contributed by atoms with van der Waals surface area (Å²) >= 11 is 12.1. The number of nitrogens with zero attached hydrogens (tertiary/aromatic N) is 2. The molecule has 3 rings (SSSR count). The third-order valence-electron chi connectivity index (χ3n) is 4.71. The second-order valence-electron chi connectivity index (χ2n) is 6.82. The summed E-state index contributed by atoms with van der Waals surface area (Å²) in [4.78, 5) is 18.5. The lowest BCUT2D eigenvalue weighted by Gasteiger charge is -2.22. The number of rotatable bonds is 5. The second kappa shape index (κ2) is 7.36. The molecule has 2 N–H and O–H groups in total. The van der Waals surface area contributed by atoms with E-state index in [1.54, 1.807) is 24.4 Å². The van der Waals surface area contributed by atoms with E-state index in [0.29, 0.717) is 41.1 Å². The lowest BCUT2D eigenvalue weighted by molar-refractivity contribution is -0.130. The number of oxazole rings is 1. The Morgan fingerprint density at radius 3 is 2.92 bits per heavy atom. The van der Waals surface area contributed by atoms with Crippen molar-refractivity contribution in [3.63, 3.8) is 0 Å². The van der Waals surface area contributed by atoms with Crippen molar-refractivity contribution in [3.8, 4) is 11.3 Å². The molecule has 25 heavy (non-hydrogen) atoms. The first-order valence-electron chi connectivity index (χ1n) is 8.28. The first kappa shape index (κ1) is 18.2. The van der Waals surface area contributed by atoms with Gasteiger partial charge in [-0.2, -0.15) is 0 Å².